The fourth-order valence-electron chi connectivity index (χ4n) is 3.36. The monoisotopic (exact) mass is 286 g/mol. The third-order valence-corrected chi connectivity index (χ3v) is 4.85. The van der Waals surface area contributed by atoms with Crippen molar-refractivity contribution in [2.75, 3.05) is 6.54 Å². The van der Waals surface area contributed by atoms with Gasteiger partial charge >= 0.3 is 0 Å². The van der Waals surface area contributed by atoms with Crippen LogP contribution in [-0.4, -0.2) is 40.2 Å². The fourth-order valence-corrected chi connectivity index (χ4v) is 3.36. The smallest absolute Gasteiger partial charge is 0.246 e. The van der Waals surface area contributed by atoms with Gasteiger partial charge in [0.25, 0.3) is 0 Å². The average Bonchev–Trinajstić information content (AvgIpc) is 2.95. The van der Waals surface area contributed by atoms with E-state index < -0.39 is 0 Å². The lowest BCUT2D eigenvalue weighted by atomic mass is 10.0. The van der Waals surface area contributed by atoms with Gasteiger partial charge in [0.15, 0.2) is 0 Å². The summed E-state index contributed by atoms with van der Waals surface area (Å²) in [5.41, 5.74) is 3.56. The zero-order valence-electron chi connectivity index (χ0n) is 12.9. The second kappa shape index (κ2) is 5.17. The molecule has 0 radical (unpaired) electrons. The van der Waals surface area contributed by atoms with Crippen LogP contribution >= 0.6 is 0 Å². The molecule has 0 spiro atoms. The molecule has 0 saturated carbocycles. The molecule has 112 valence electrons. The first-order valence-electron chi connectivity index (χ1n) is 7.66. The molecule has 2 fully saturated rings. The lowest BCUT2D eigenvalue weighted by Gasteiger charge is -2.41. The van der Waals surface area contributed by atoms with Gasteiger partial charge in [-0.3, -0.25) is 9.59 Å². The minimum Gasteiger partial charge on any atom is -0.329 e. The summed E-state index contributed by atoms with van der Waals surface area (Å²) in [4.78, 5) is 28.6. The third-order valence-electron chi connectivity index (χ3n) is 4.85. The van der Waals surface area contributed by atoms with E-state index in [1.54, 1.807) is 9.80 Å². The van der Waals surface area contributed by atoms with Gasteiger partial charge in [-0.25, -0.2) is 0 Å². The van der Waals surface area contributed by atoms with Crippen LogP contribution in [0.1, 0.15) is 36.5 Å². The molecular formula is C17H22N2O2. The van der Waals surface area contributed by atoms with Gasteiger partial charge in [-0.05, 0) is 50.3 Å². The second-order valence-corrected chi connectivity index (χ2v) is 6.25. The number of hydrogen-bond acceptors (Lipinski definition) is 2. The molecule has 2 saturated heterocycles. The molecule has 1 aromatic rings. The maximum Gasteiger partial charge on any atom is 0.246 e. The van der Waals surface area contributed by atoms with Gasteiger partial charge in [0, 0.05) is 13.1 Å². The second-order valence-electron chi connectivity index (χ2n) is 6.25. The van der Waals surface area contributed by atoms with Gasteiger partial charge in [-0.1, -0.05) is 18.2 Å². The molecule has 1 aromatic carbocycles. The van der Waals surface area contributed by atoms with E-state index in [9.17, 15) is 9.59 Å². The van der Waals surface area contributed by atoms with Gasteiger partial charge < -0.3 is 9.80 Å². The van der Waals surface area contributed by atoms with Gasteiger partial charge in [0.1, 0.15) is 12.1 Å². The molecule has 4 nitrogen and oxygen atoms in total. The lowest BCUT2D eigenvalue weighted by Crippen LogP contribution is -2.61. The number of nitrogens with zero attached hydrogens (tertiary/aromatic N) is 2. The summed E-state index contributed by atoms with van der Waals surface area (Å²) in [6.45, 7) is 7.25. The minimum atomic E-state index is -0.353. The standard InChI is InChI=1S/C17H22N2O2/c1-11-6-7-14(9-12(11)2)10-19-13(3)16(20)18-8-4-5-15(18)17(19)21/h6-7,9,13,15H,4-5,8,10H2,1-3H3/t13-,15-/m0/s1. The number of amides is 2. The van der Waals surface area contributed by atoms with Crippen LogP contribution in [0, 0.1) is 13.8 Å². The Balaban J connectivity index is 1.85. The topological polar surface area (TPSA) is 40.6 Å². The fraction of sp³-hybridized carbons (Fsp3) is 0.529. The van der Waals surface area contributed by atoms with Crippen molar-refractivity contribution >= 4 is 11.8 Å². The highest BCUT2D eigenvalue weighted by atomic mass is 16.2. The third kappa shape index (κ3) is 2.33. The number of benzene rings is 1. The Kier molecular flexibility index (Phi) is 3.47. The van der Waals surface area contributed by atoms with E-state index in [4.69, 9.17) is 0 Å². The number of aryl methyl sites for hydroxylation is 2. The summed E-state index contributed by atoms with van der Waals surface area (Å²) >= 11 is 0. The number of fused-ring (bicyclic) bond motifs is 1. The van der Waals surface area contributed by atoms with Crippen molar-refractivity contribution in [1.29, 1.82) is 0 Å². The van der Waals surface area contributed by atoms with Crippen molar-refractivity contribution in [2.24, 2.45) is 0 Å². The summed E-state index contributed by atoms with van der Waals surface area (Å²) in [6.07, 6.45) is 1.74. The largest absolute Gasteiger partial charge is 0.329 e. The van der Waals surface area contributed by atoms with Gasteiger partial charge in [0.05, 0.1) is 0 Å². The zero-order valence-corrected chi connectivity index (χ0v) is 12.9. The number of rotatable bonds is 2. The average molecular weight is 286 g/mol. The predicted molar refractivity (Wildman–Crippen MR) is 80.7 cm³/mol. The lowest BCUT2D eigenvalue weighted by molar-refractivity contribution is -0.159. The Morgan fingerprint density at radius 3 is 2.62 bits per heavy atom. The quantitative estimate of drug-likeness (QED) is 0.834. The molecular weight excluding hydrogens is 264 g/mol. The molecule has 2 atom stereocenters. The van der Waals surface area contributed by atoms with E-state index in [0.29, 0.717) is 6.54 Å². The molecule has 0 N–H and O–H groups in total. The summed E-state index contributed by atoms with van der Waals surface area (Å²) in [5.74, 6) is 0.207. The van der Waals surface area contributed by atoms with E-state index in [2.05, 4.69) is 26.0 Å². The molecule has 0 unspecified atom stereocenters. The van der Waals surface area contributed by atoms with Crippen LogP contribution in [0.5, 0.6) is 0 Å². The Morgan fingerprint density at radius 2 is 1.90 bits per heavy atom. The van der Waals surface area contributed by atoms with Gasteiger partial charge in [-0.15, -0.1) is 0 Å². The molecule has 0 aromatic heterocycles. The molecule has 2 aliphatic heterocycles. The van der Waals surface area contributed by atoms with Crippen LogP contribution in [0.15, 0.2) is 18.2 Å². The minimum absolute atomic E-state index is 0.0981. The highest BCUT2D eigenvalue weighted by molar-refractivity contribution is 5.97. The molecule has 2 aliphatic rings. The van der Waals surface area contributed by atoms with Crippen molar-refractivity contribution in [3.63, 3.8) is 0 Å². The zero-order chi connectivity index (χ0) is 15.1. The van der Waals surface area contributed by atoms with Crippen LogP contribution < -0.4 is 0 Å². The number of piperazine rings is 1. The first kappa shape index (κ1) is 14.1. The molecule has 2 heterocycles. The SMILES string of the molecule is Cc1ccc(CN2C(=O)[C@@H]3CCCN3C(=O)[C@@H]2C)cc1C. The van der Waals surface area contributed by atoms with Crippen LogP contribution in [0.25, 0.3) is 0 Å². The van der Waals surface area contributed by atoms with Gasteiger partial charge in [-0.2, -0.15) is 0 Å². The van der Waals surface area contributed by atoms with Crippen molar-refractivity contribution in [2.45, 2.75) is 52.2 Å². The molecule has 21 heavy (non-hydrogen) atoms. The molecule has 0 bridgehead atoms. The van der Waals surface area contributed by atoms with E-state index in [-0.39, 0.29) is 23.9 Å². The van der Waals surface area contributed by atoms with Crippen LogP contribution in [0.2, 0.25) is 0 Å². The summed E-state index contributed by atoms with van der Waals surface area (Å²) in [7, 11) is 0. The first-order chi connectivity index (χ1) is 9.99. The maximum atomic E-state index is 12.7. The van der Waals surface area contributed by atoms with Crippen molar-refractivity contribution in [1.82, 2.24) is 9.80 Å². The molecule has 0 aliphatic carbocycles. The number of carbonyl (C=O) groups is 2. The van der Waals surface area contributed by atoms with E-state index in [1.165, 1.54) is 11.1 Å². The first-order valence-corrected chi connectivity index (χ1v) is 7.66. The van der Waals surface area contributed by atoms with Gasteiger partial charge in [0.2, 0.25) is 11.8 Å². The molecule has 3 rings (SSSR count). The van der Waals surface area contributed by atoms with E-state index >= 15 is 0 Å². The van der Waals surface area contributed by atoms with E-state index in [0.717, 1.165) is 24.9 Å². The predicted octanol–water partition coefficient (Wildman–Crippen LogP) is 2.03. The summed E-state index contributed by atoms with van der Waals surface area (Å²) in [5, 5.41) is 0. The molecule has 2 amide bonds. The highest BCUT2D eigenvalue weighted by Crippen LogP contribution is 2.28. The maximum absolute atomic E-state index is 12.7. The summed E-state index contributed by atoms with van der Waals surface area (Å²) in [6, 6.07) is 5.66. The summed E-state index contributed by atoms with van der Waals surface area (Å²) < 4.78 is 0. The normalized spacial score (nSPS) is 25.5. The Labute approximate surface area is 125 Å². The Hall–Kier alpha value is -1.84. The van der Waals surface area contributed by atoms with Crippen molar-refractivity contribution in [3.8, 4) is 0 Å². The van der Waals surface area contributed by atoms with Crippen molar-refractivity contribution in [3.05, 3.63) is 34.9 Å². The van der Waals surface area contributed by atoms with Crippen LogP contribution in [0.4, 0.5) is 0 Å². The Morgan fingerprint density at radius 1 is 1.14 bits per heavy atom. The number of carbonyl (C=O) groups excluding carboxylic acids is 2. The van der Waals surface area contributed by atoms with Crippen molar-refractivity contribution < 1.29 is 9.59 Å². The number of hydrogen-bond donors (Lipinski definition) is 0. The van der Waals surface area contributed by atoms with Crippen LogP contribution in [-0.2, 0) is 16.1 Å². The molecule has 4 heteroatoms. The van der Waals surface area contributed by atoms with E-state index in [1.807, 2.05) is 13.0 Å². The van der Waals surface area contributed by atoms with Crippen LogP contribution in [0.3, 0.4) is 0 Å². The Bertz CT molecular complexity index is 596. The highest BCUT2D eigenvalue weighted by Gasteiger charge is 2.45.